The van der Waals surface area contributed by atoms with Gasteiger partial charge in [-0.3, -0.25) is 0 Å². The van der Waals surface area contributed by atoms with E-state index in [-0.39, 0.29) is 0 Å². The van der Waals surface area contributed by atoms with Crippen LogP contribution in [0.4, 0.5) is 0 Å². The quantitative estimate of drug-likeness (QED) is 0.914. The van der Waals surface area contributed by atoms with E-state index in [1.54, 1.807) is 12.1 Å². The van der Waals surface area contributed by atoms with Gasteiger partial charge < -0.3 is 9.67 Å². The zero-order valence-electron chi connectivity index (χ0n) is 10.6. The molecule has 0 amide bonds. The topological polar surface area (TPSA) is 55.1 Å². The number of benzene rings is 1. The first-order valence-electron chi connectivity index (χ1n) is 6.94. The second kappa shape index (κ2) is 3.83. The molecule has 2 saturated carbocycles. The maximum Gasteiger partial charge on any atom is 0.335 e. The summed E-state index contributed by atoms with van der Waals surface area (Å²) >= 11 is 0. The molecule has 1 N–H and O–H groups in total. The summed E-state index contributed by atoms with van der Waals surface area (Å²) in [5, 5.41) is 9.12. The van der Waals surface area contributed by atoms with Gasteiger partial charge in [0.15, 0.2) is 0 Å². The van der Waals surface area contributed by atoms with Crippen LogP contribution in [0, 0.1) is 11.8 Å². The number of hydrogen-bond acceptors (Lipinski definition) is 2. The second-order valence-corrected chi connectivity index (χ2v) is 5.83. The van der Waals surface area contributed by atoms with Crippen LogP contribution in [0.1, 0.15) is 42.1 Å². The average molecular weight is 256 g/mol. The van der Waals surface area contributed by atoms with E-state index < -0.39 is 5.97 Å². The Morgan fingerprint density at radius 1 is 1.26 bits per heavy atom. The van der Waals surface area contributed by atoms with Crippen molar-refractivity contribution in [1.82, 2.24) is 9.55 Å². The number of carboxylic acids is 1. The Bertz CT molecular complexity index is 641. The van der Waals surface area contributed by atoms with Crippen molar-refractivity contribution in [2.24, 2.45) is 11.8 Å². The van der Waals surface area contributed by atoms with E-state index in [2.05, 4.69) is 9.55 Å². The summed E-state index contributed by atoms with van der Waals surface area (Å²) in [5.41, 5.74) is 2.22. The lowest BCUT2D eigenvalue weighted by Crippen LogP contribution is -2.12. The Hall–Kier alpha value is -1.84. The van der Waals surface area contributed by atoms with Crippen molar-refractivity contribution in [3.63, 3.8) is 0 Å². The molecule has 2 aliphatic carbocycles. The van der Waals surface area contributed by atoms with Gasteiger partial charge >= 0.3 is 5.97 Å². The smallest absolute Gasteiger partial charge is 0.335 e. The summed E-state index contributed by atoms with van der Waals surface area (Å²) in [6.07, 6.45) is 7.12. The van der Waals surface area contributed by atoms with Gasteiger partial charge in [0.25, 0.3) is 0 Å². The number of imidazole rings is 1. The summed E-state index contributed by atoms with van der Waals surface area (Å²) in [5.74, 6) is 0.681. The molecule has 0 radical (unpaired) electrons. The number of nitrogens with zero attached hydrogens (tertiary/aromatic N) is 2. The van der Waals surface area contributed by atoms with Crippen molar-refractivity contribution in [2.45, 2.75) is 31.7 Å². The molecule has 2 aromatic rings. The van der Waals surface area contributed by atoms with Crippen LogP contribution in [0.15, 0.2) is 24.5 Å². The zero-order chi connectivity index (χ0) is 13.0. The normalized spacial score (nSPS) is 19.2. The van der Waals surface area contributed by atoms with Crippen LogP contribution >= 0.6 is 0 Å². The van der Waals surface area contributed by atoms with E-state index in [9.17, 15) is 4.79 Å². The molecule has 98 valence electrons. The molecule has 2 fully saturated rings. The lowest BCUT2D eigenvalue weighted by atomic mass is 10.1. The summed E-state index contributed by atoms with van der Waals surface area (Å²) in [7, 11) is 0. The number of aromatic nitrogens is 2. The van der Waals surface area contributed by atoms with E-state index in [0.29, 0.717) is 11.6 Å². The van der Waals surface area contributed by atoms with Crippen LogP contribution in [0.5, 0.6) is 0 Å². The van der Waals surface area contributed by atoms with Gasteiger partial charge in [0.2, 0.25) is 0 Å². The van der Waals surface area contributed by atoms with Crippen LogP contribution in [-0.4, -0.2) is 20.6 Å². The third kappa shape index (κ3) is 1.82. The first-order valence-corrected chi connectivity index (χ1v) is 6.94. The highest BCUT2D eigenvalue weighted by Crippen LogP contribution is 2.52. The molecule has 0 aliphatic heterocycles. The van der Waals surface area contributed by atoms with E-state index in [1.807, 2.05) is 12.4 Å². The minimum absolute atomic E-state index is 0.347. The van der Waals surface area contributed by atoms with Crippen LogP contribution in [0.2, 0.25) is 0 Å². The van der Waals surface area contributed by atoms with Crippen molar-refractivity contribution in [2.75, 3.05) is 0 Å². The van der Waals surface area contributed by atoms with Gasteiger partial charge in [-0.05, 0) is 55.7 Å². The Morgan fingerprint density at radius 3 is 2.53 bits per heavy atom. The Morgan fingerprint density at radius 2 is 1.95 bits per heavy atom. The number of carboxylic acid groups (broad SMARTS) is 1. The Balaban J connectivity index is 1.83. The molecular formula is C15H16N2O2. The minimum atomic E-state index is -0.871. The molecule has 1 aromatic heterocycles. The van der Waals surface area contributed by atoms with Gasteiger partial charge in [0, 0.05) is 6.04 Å². The van der Waals surface area contributed by atoms with Gasteiger partial charge in [0.1, 0.15) is 0 Å². The van der Waals surface area contributed by atoms with E-state index >= 15 is 0 Å². The summed E-state index contributed by atoms with van der Waals surface area (Å²) < 4.78 is 2.23. The number of carbonyl (C=O) groups is 1. The average Bonchev–Trinajstić information content (AvgIpc) is 3.29. The van der Waals surface area contributed by atoms with Crippen LogP contribution in [-0.2, 0) is 0 Å². The largest absolute Gasteiger partial charge is 0.478 e. The standard InChI is InChI=1S/C15H16N2O2/c18-15(19)11-5-6-12-13(7-11)17(8-16-12)14(9-1-2-9)10-3-4-10/h5-10,14H,1-4H2,(H,18,19). The number of rotatable bonds is 4. The SMILES string of the molecule is O=C(O)c1ccc2ncn(C(C3CC3)C3CC3)c2c1. The predicted octanol–water partition coefficient (Wildman–Crippen LogP) is 3.10. The summed E-state index contributed by atoms with van der Waals surface area (Å²) in [6, 6.07) is 5.74. The number of fused-ring (bicyclic) bond motifs is 1. The molecule has 0 spiro atoms. The summed E-state index contributed by atoms with van der Waals surface area (Å²) in [4.78, 5) is 15.5. The third-order valence-corrected chi connectivity index (χ3v) is 4.35. The predicted molar refractivity (Wildman–Crippen MR) is 71.2 cm³/mol. The highest BCUT2D eigenvalue weighted by molar-refractivity contribution is 5.92. The second-order valence-electron chi connectivity index (χ2n) is 5.83. The fraction of sp³-hybridized carbons (Fsp3) is 0.467. The molecule has 4 heteroatoms. The zero-order valence-corrected chi connectivity index (χ0v) is 10.6. The molecule has 4 nitrogen and oxygen atoms in total. The molecule has 4 rings (SSSR count). The molecule has 1 heterocycles. The lowest BCUT2D eigenvalue weighted by Gasteiger charge is -2.18. The monoisotopic (exact) mass is 256 g/mol. The minimum Gasteiger partial charge on any atom is -0.478 e. The fourth-order valence-corrected chi connectivity index (χ4v) is 3.11. The molecule has 0 atom stereocenters. The van der Waals surface area contributed by atoms with E-state index in [0.717, 1.165) is 22.9 Å². The lowest BCUT2D eigenvalue weighted by molar-refractivity contribution is 0.0697. The number of hydrogen-bond donors (Lipinski definition) is 1. The highest BCUT2D eigenvalue weighted by atomic mass is 16.4. The molecule has 0 bridgehead atoms. The van der Waals surface area contributed by atoms with E-state index in [1.165, 1.54) is 25.7 Å². The van der Waals surface area contributed by atoms with Gasteiger partial charge in [0.05, 0.1) is 22.9 Å². The molecule has 0 unspecified atom stereocenters. The van der Waals surface area contributed by atoms with Gasteiger partial charge in [-0.1, -0.05) is 0 Å². The van der Waals surface area contributed by atoms with Crippen molar-refractivity contribution < 1.29 is 9.90 Å². The molecular weight excluding hydrogens is 240 g/mol. The Kier molecular flexibility index (Phi) is 2.22. The van der Waals surface area contributed by atoms with Crippen molar-refractivity contribution in [3.8, 4) is 0 Å². The molecule has 19 heavy (non-hydrogen) atoms. The Labute approximate surface area is 111 Å². The maximum atomic E-state index is 11.1. The maximum absolute atomic E-state index is 11.1. The number of aromatic carboxylic acids is 1. The molecule has 0 saturated heterocycles. The van der Waals surface area contributed by atoms with Gasteiger partial charge in [-0.15, -0.1) is 0 Å². The summed E-state index contributed by atoms with van der Waals surface area (Å²) in [6.45, 7) is 0. The first-order chi connectivity index (χ1) is 9.24. The van der Waals surface area contributed by atoms with Crippen LogP contribution in [0.3, 0.4) is 0 Å². The van der Waals surface area contributed by atoms with Crippen molar-refractivity contribution in [1.29, 1.82) is 0 Å². The third-order valence-electron chi connectivity index (χ3n) is 4.35. The van der Waals surface area contributed by atoms with E-state index in [4.69, 9.17) is 5.11 Å². The molecule has 1 aromatic carbocycles. The highest BCUT2D eigenvalue weighted by Gasteiger charge is 2.42. The van der Waals surface area contributed by atoms with Gasteiger partial charge in [-0.2, -0.15) is 0 Å². The van der Waals surface area contributed by atoms with Crippen LogP contribution < -0.4 is 0 Å². The molecule has 2 aliphatic rings. The first kappa shape index (κ1) is 11.0. The van der Waals surface area contributed by atoms with Crippen molar-refractivity contribution in [3.05, 3.63) is 30.1 Å². The fourth-order valence-electron chi connectivity index (χ4n) is 3.11. The van der Waals surface area contributed by atoms with Crippen molar-refractivity contribution >= 4 is 17.0 Å². The van der Waals surface area contributed by atoms with Crippen LogP contribution in [0.25, 0.3) is 11.0 Å². The van der Waals surface area contributed by atoms with Gasteiger partial charge in [-0.25, -0.2) is 9.78 Å².